The van der Waals surface area contributed by atoms with Gasteiger partial charge in [-0.25, -0.2) is 29.1 Å². The van der Waals surface area contributed by atoms with Crippen molar-refractivity contribution >= 4 is 29.1 Å². The van der Waals surface area contributed by atoms with Crippen LogP contribution in [0.1, 0.15) is 25.4 Å². The molecule has 1 spiro atoms. The molecule has 12 nitrogen and oxygen atoms in total. The van der Waals surface area contributed by atoms with Gasteiger partial charge in [-0.05, 0) is 32.9 Å². The van der Waals surface area contributed by atoms with E-state index in [4.69, 9.17) is 11.3 Å². The van der Waals surface area contributed by atoms with Gasteiger partial charge in [-0.3, -0.25) is 9.59 Å². The van der Waals surface area contributed by atoms with Crippen LogP contribution in [0.3, 0.4) is 0 Å². The Balaban J connectivity index is 2.04. The van der Waals surface area contributed by atoms with E-state index in [1.54, 1.807) is 13.0 Å². The number of carbonyl (C=O) groups excluding carboxylic acids is 2. The van der Waals surface area contributed by atoms with Gasteiger partial charge in [0.05, 0.1) is 24.5 Å². The van der Waals surface area contributed by atoms with Crippen LogP contribution in [0.15, 0.2) is 34.9 Å². The Morgan fingerprint density at radius 2 is 2.06 bits per heavy atom. The molecule has 4 heterocycles. The molecule has 1 atom stereocenters. The molecule has 0 bridgehead atoms. The molecule has 0 radical (unpaired) electrons. The van der Waals surface area contributed by atoms with Crippen molar-refractivity contribution in [2.45, 2.75) is 26.6 Å². The predicted molar refractivity (Wildman–Crippen MR) is 120 cm³/mol. The molecule has 4 rings (SSSR count). The first-order valence-corrected chi connectivity index (χ1v) is 10.5. The van der Waals surface area contributed by atoms with E-state index in [-0.39, 0.29) is 17.2 Å². The zero-order valence-corrected chi connectivity index (χ0v) is 18.7. The molecule has 1 fully saturated rings. The maximum Gasteiger partial charge on any atom is 0.328 e. The van der Waals surface area contributed by atoms with Crippen LogP contribution in [0.5, 0.6) is 0 Å². The number of nitrogens with zero attached hydrogens (tertiary/aromatic N) is 7. The second-order valence-electron chi connectivity index (χ2n) is 7.47. The minimum atomic E-state index is -2.40. The largest absolute Gasteiger partial charge is 0.421 e. The van der Waals surface area contributed by atoms with Crippen LogP contribution >= 0.6 is 0 Å². The van der Waals surface area contributed by atoms with Crippen molar-refractivity contribution < 1.29 is 14.3 Å². The maximum atomic E-state index is 13.3. The van der Waals surface area contributed by atoms with Crippen LogP contribution in [0.2, 0.25) is 0 Å². The Hall–Kier alpha value is -4.71. The maximum absolute atomic E-state index is 13.3. The number of aryl methyl sites for hydroxylation is 1. The number of aromatic nitrogens is 3. The van der Waals surface area contributed by atoms with Gasteiger partial charge in [0.1, 0.15) is 23.8 Å². The highest BCUT2D eigenvalue weighted by Gasteiger charge is 2.60. The number of nitrogens with one attached hydrogen (secondary N) is 1. The van der Waals surface area contributed by atoms with Crippen LogP contribution in [0.4, 0.5) is 16.3 Å². The van der Waals surface area contributed by atoms with Crippen molar-refractivity contribution in [3.05, 3.63) is 63.4 Å². The van der Waals surface area contributed by atoms with Crippen molar-refractivity contribution in [2.75, 3.05) is 29.4 Å². The summed E-state index contributed by atoms with van der Waals surface area (Å²) < 4.78 is 6.54. The van der Waals surface area contributed by atoms with Crippen LogP contribution in [0, 0.1) is 24.8 Å². The molecule has 2 amide bonds. The highest BCUT2D eigenvalue weighted by Crippen LogP contribution is 2.45. The number of hydrogen-bond acceptors (Lipinski definition) is 8. The Labute approximate surface area is 194 Å². The molecule has 2 aliphatic rings. The molecule has 172 valence electrons. The molecule has 0 aliphatic carbocycles. The first-order chi connectivity index (χ1) is 16.3. The van der Waals surface area contributed by atoms with Gasteiger partial charge < -0.3 is 15.0 Å². The molecule has 2 aliphatic heterocycles. The summed E-state index contributed by atoms with van der Waals surface area (Å²) in [6.45, 7) is 14.3. The topological polar surface area (TPSA) is 138 Å². The number of hydrogen-bond donors (Lipinski definition) is 1. The zero-order chi connectivity index (χ0) is 24.6. The molecule has 0 saturated carbocycles. The molecule has 1 saturated heterocycles. The molecule has 2 aromatic rings. The summed E-state index contributed by atoms with van der Waals surface area (Å²) in [6.07, 6.45) is 1.54. The Morgan fingerprint density at radius 3 is 2.65 bits per heavy atom. The van der Waals surface area contributed by atoms with Crippen molar-refractivity contribution in [3.8, 4) is 6.07 Å². The van der Waals surface area contributed by atoms with E-state index in [0.29, 0.717) is 5.69 Å². The summed E-state index contributed by atoms with van der Waals surface area (Å²) in [7, 11) is 0. The SMILES string of the molecule is [C-]#[N+]C1=C(C#N)c2nc(C)cc(=O)n2C12OC(=O)CNC(=O)N2c1ccc(N(CC)CC)cn1. The molecule has 1 unspecified atom stereocenters. The third-order valence-electron chi connectivity index (χ3n) is 5.58. The average Bonchev–Trinajstić information content (AvgIpc) is 3.00. The van der Waals surface area contributed by atoms with E-state index in [9.17, 15) is 19.6 Å². The number of allylic oxidation sites excluding steroid dienone is 1. The lowest BCUT2D eigenvalue weighted by molar-refractivity contribution is -0.161. The van der Waals surface area contributed by atoms with Crippen molar-refractivity contribution in [1.82, 2.24) is 19.9 Å². The fourth-order valence-corrected chi connectivity index (χ4v) is 4.11. The lowest BCUT2D eigenvalue weighted by atomic mass is 10.2. The number of pyridine rings is 1. The first-order valence-electron chi connectivity index (χ1n) is 10.5. The number of anilines is 2. The fourth-order valence-electron chi connectivity index (χ4n) is 4.11. The Bertz CT molecular complexity index is 1360. The molecular formula is C22H20N8O4. The van der Waals surface area contributed by atoms with Crippen molar-refractivity contribution in [1.29, 1.82) is 5.26 Å². The summed E-state index contributed by atoms with van der Waals surface area (Å²) in [5.74, 6) is -3.48. The van der Waals surface area contributed by atoms with Gasteiger partial charge in [-0.15, -0.1) is 0 Å². The van der Waals surface area contributed by atoms with E-state index < -0.39 is 35.7 Å². The summed E-state index contributed by atoms with van der Waals surface area (Å²) >= 11 is 0. The Kier molecular flexibility index (Phi) is 5.51. The standard InChI is InChI=1S/C22H20N8O4/c1-5-28(6-2)14-7-8-16(25-11-14)29-21(33)26-12-18(32)34-22(29)19(24-4)15(10-23)20-27-13(3)9-17(31)30(20)22/h7-9,11H,5-6,12H2,1-3H3,(H,26,33). The number of carbonyl (C=O) groups is 2. The number of fused-ring (bicyclic) bond motifs is 2. The highest BCUT2D eigenvalue weighted by molar-refractivity contribution is 5.98. The quantitative estimate of drug-likeness (QED) is 0.533. The third-order valence-corrected chi connectivity index (χ3v) is 5.58. The second-order valence-corrected chi connectivity index (χ2v) is 7.47. The van der Waals surface area contributed by atoms with Crippen molar-refractivity contribution in [3.63, 3.8) is 0 Å². The highest BCUT2D eigenvalue weighted by atomic mass is 16.6. The van der Waals surface area contributed by atoms with Gasteiger partial charge in [-0.2, -0.15) is 5.26 Å². The summed E-state index contributed by atoms with van der Waals surface area (Å²) in [5.41, 5.74) is -0.340. The van der Waals surface area contributed by atoms with Crippen LogP contribution in [0.25, 0.3) is 10.4 Å². The van der Waals surface area contributed by atoms with Crippen molar-refractivity contribution in [2.24, 2.45) is 0 Å². The number of rotatable bonds is 4. The average molecular weight is 460 g/mol. The predicted octanol–water partition coefficient (Wildman–Crippen LogP) is 1.34. The summed E-state index contributed by atoms with van der Waals surface area (Å²) in [5, 5.41) is 12.2. The number of urea groups is 1. The number of ether oxygens (including phenoxy) is 1. The van der Waals surface area contributed by atoms with E-state index in [1.807, 2.05) is 24.8 Å². The first kappa shape index (κ1) is 22.5. The van der Waals surface area contributed by atoms with Crippen LogP contribution < -0.4 is 20.7 Å². The third kappa shape index (κ3) is 3.16. The summed E-state index contributed by atoms with van der Waals surface area (Å²) in [4.78, 5) is 54.0. The van der Waals surface area contributed by atoms with Crippen LogP contribution in [-0.4, -0.2) is 46.2 Å². The number of amides is 2. The summed E-state index contributed by atoms with van der Waals surface area (Å²) in [6, 6.07) is 5.44. The van der Waals surface area contributed by atoms with E-state index in [0.717, 1.165) is 28.2 Å². The lowest BCUT2D eigenvalue weighted by Gasteiger charge is -2.38. The minimum absolute atomic E-state index is 0.00173. The number of nitriles is 1. The second kappa shape index (κ2) is 8.33. The molecular weight excluding hydrogens is 440 g/mol. The number of esters is 1. The molecule has 34 heavy (non-hydrogen) atoms. The Morgan fingerprint density at radius 1 is 1.32 bits per heavy atom. The molecule has 2 aromatic heterocycles. The molecule has 12 heteroatoms. The van der Waals surface area contributed by atoms with Gasteiger partial charge in [0.15, 0.2) is 0 Å². The van der Waals surface area contributed by atoms with Gasteiger partial charge in [-0.1, -0.05) is 0 Å². The van der Waals surface area contributed by atoms with Crippen LogP contribution in [-0.2, 0) is 15.4 Å². The lowest BCUT2D eigenvalue weighted by Crippen LogP contribution is -2.59. The monoisotopic (exact) mass is 460 g/mol. The van der Waals surface area contributed by atoms with E-state index in [2.05, 4.69) is 20.1 Å². The van der Waals surface area contributed by atoms with Gasteiger partial charge >= 0.3 is 17.8 Å². The normalized spacial score (nSPS) is 19.1. The molecule has 1 N–H and O–H groups in total. The van der Waals surface area contributed by atoms with Gasteiger partial charge in [0.25, 0.3) is 11.3 Å². The zero-order valence-electron chi connectivity index (χ0n) is 18.7. The van der Waals surface area contributed by atoms with E-state index in [1.165, 1.54) is 18.3 Å². The minimum Gasteiger partial charge on any atom is -0.421 e. The molecule has 0 aromatic carbocycles. The van der Waals surface area contributed by atoms with Gasteiger partial charge in [0.2, 0.25) is 0 Å². The van der Waals surface area contributed by atoms with E-state index >= 15 is 0 Å². The smallest absolute Gasteiger partial charge is 0.328 e. The fraction of sp³-hybridized carbons (Fsp3) is 0.318. The van der Waals surface area contributed by atoms with Gasteiger partial charge in [0, 0.05) is 24.8 Å².